The summed E-state index contributed by atoms with van der Waals surface area (Å²) >= 11 is 0. The van der Waals surface area contributed by atoms with Gasteiger partial charge in [0.05, 0.1) is 13.0 Å². The maximum absolute atomic E-state index is 12.9. The van der Waals surface area contributed by atoms with Crippen LogP contribution in [0.5, 0.6) is 5.75 Å². The summed E-state index contributed by atoms with van der Waals surface area (Å²) in [7, 11) is 1.67. The van der Waals surface area contributed by atoms with Crippen molar-refractivity contribution in [2.24, 2.45) is 11.7 Å². The molecule has 31 heavy (non-hydrogen) atoms. The highest BCUT2D eigenvalue weighted by molar-refractivity contribution is 6.03. The Morgan fingerprint density at radius 3 is 2.61 bits per heavy atom. The second kappa shape index (κ2) is 8.64. The minimum absolute atomic E-state index is 0.198. The molecule has 2 atom stereocenters. The number of primary amides is 1. The van der Waals surface area contributed by atoms with Gasteiger partial charge in [0.15, 0.2) is 0 Å². The van der Waals surface area contributed by atoms with Gasteiger partial charge in [-0.2, -0.15) is 0 Å². The van der Waals surface area contributed by atoms with Crippen molar-refractivity contribution in [3.8, 4) is 16.9 Å². The molecule has 0 unspecified atom stereocenters. The summed E-state index contributed by atoms with van der Waals surface area (Å²) in [5.41, 5.74) is 9.29. The SMILES string of the molecule is COc1cc(-c2cccc3cc(C(=O)N[C@@H]4CC=CC[C@H]4C(N)=O)ccc23)ccc1C. The van der Waals surface area contributed by atoms with E-state index in [9.17, 15) is 9.59 Å². The first kappa shape index (κ1) is 20.7. The molecule has 1 aliphatic rings. The third-order valence-corrected chi connectivity index (χ3v) is 5.98. The number of allylic oxidation sites excluding steroid dienone is 1. The maximum atomic E-state index is 12.9. The molecule has 1 aliphatic carbocycles. The number of rotatable bonds is 5. The van der Waals surface area contributed by atoms with E-state index in [4.69, 9.17) is 10.5 Å². The minimum Gasteiger partial charge on any atom is -0.496 e. The standard InChI is InChI=1S/C26H26N2O3/c1-16-10-11-18(15-24(16)31-2)20-8-5-6-17-14-19(12-13-21(17)20)26(30)28-23-9-4-3-7-22(23)25(27)29/h3-6,8,10-15,22-23H,7,9H2,1-2H3,(H2,27,29)(H,28,30)/t22-,23-/m1/s1. The lowest BCUT2D eigenvalue weighted by Crippen LogP contribution is -2.46. The Morgan fingerprint density at radius 1 is 1.03 bits per heavy atom. The van der Waals surface area contributed by atoms with Crippen LogP contribution in [0, 0.1) is 12.8 Å². The number of aryl methyl sites for hydroxylation is 1. The van der Waals surface area contributed by atoms with Crippen molar-refractivity contribution in [1.82, 2.24) is 5.32 Å². The zero-order chi connectivity index (χ0) is 22.0. The van der Waals surface area contributed by atoms with Gasteiger partial charge in [0, 0.05) is 11.6 Å². The summed E-state index contributed by atoms with van der Waals surface area (Å²) in [4.78, 5) is 24.6. The summed E-state index contributed by atoms with van der Waals surface area (Å²) in [6.07, 6.45) is 5.08. The number of benzene rings is 3. The van der Waals surface area contributed by atoms with Gasteiger partial charge in [-0.1, -0.05) is 48.6 Å². The number of ether oxygens (including phenoxy) is 1. The number of carbonyl (C=O) groups excluding carboxylic acids is 2. The van der Waals surface area contributed by atoms with Gasteiger partial charge in [-0.25, -0.2) is 0 Å². The number of nitrogens with two attached hydrogens (primary N) is 1. The first-order valence-corrected chi connectivity index (χ1v) is 10.4. The van der Waals surface area contributed by atoms with E-state index >= 15 is 0 Å². The molecule has 0 heterocycles. The van der Waals surface area contributed by atoms with E-state index in [1.165, 1.54) is 0 Å². The van der Waals surface area contributed by atoms with Crippen LogP contribution in [0.2, 0.25) is 0 Å². The van der Waals surface area contributed by atoms with E-state index < -0.39 is 0 Å². The van der Waals surface area contributed by atoms with Gasteiger partial charge < -0.3 is 15.8 Å². The van der Waals surface area contributed by atoms with Crippen LogP contribution in [0.15, 0.2) is 66.7 Å². The van der Waals surface area contributed by atoms with Crippen LogP contribution >= 0.6 is 0 Å². The molecule has 0 bridgehead atoms. The summed E-state index contributed by atoms with van der Waals surface area (Å²) in [5, 5.41) is 5.02. The molecule has 5 heteroatoms. The molecular weight excluding hydrogens is 388 g/mol. The van der Waals surface area contributed by atoms with Crippen LogP contribution in [0.4, 0.5) is 0 Å². The van der Waals surface area contributed by atoms with Crippen LogP contribution in [0.25, 0.3) is 21.9 Å². The molecule has 0 radical (unpaired) electrons. The zero-order valence-corrected chi connectivity index (χ0v) is 17.7. The maximum Gasteiger partial charge on any atom is 0.251 e. The Kier molecular flexibility index (Phi) is 5.76. The van der Waals surface area contributed by atoms with Crippen molar-refractivity contribution < 1.29 is 14.3 Å². The fourth-order valence-corrected chi connectivity index (χ4v) is 4.20. The highest BCUT2D eigenvalue weighted by Crippen LogP contribution is 2.32. The summed E-state index contributed by atoms with van der Waals surface area (Å²) < 4.78 is 5.48. The smallest absolute Gasteiger partial charge is 0.251 e. The molecule has 4 rings (SSSR count). The molecule has 0 saturated heterocycles. The lowest BCUT2D eigenvalue weighted by molar-refractivity contribution is -0.122. The van der Waals surface area contributed by atoms with E-state index in [0.29, 0.717) is 18.4 Å². The monoisotopic (exact) mass is 414 g/mol. The Balaban J connectivity index is 1.64. The second-order valence-corrected chi connectivity index (χ2v) is 7.96. The number of hydrogen-bond donors (Lipinski definition) is 2. The quantitative estimate of drug-likeness (QED) is 0.608. The molecule has 0 saturated carbocycles. The van der Waals surface area contributed by atoms with Crippen LogP contribution in [-0.4, -0.2) is 25.0 Å². The van der Waals surface area contributed by atoms with E-state index in [-0.39, 0.29) is 23.8 Å². The molecule has 0 aliphatic heterocycles. The molecule has 0 spiro atoms. The minimum atomic E-state index is -0.383. The highest BCUT2D eigenvalue weighted by Gasteiger charge is 2.28. The average Bonchev–Trinajstić information content (AvgIpc) is 2.79. The molecule has 3 aromatic rings. The van der Waals surface area contributed by atoms with Gasteiger partial charge in [0.25, 0.3) is 5.91 Å². The van der Waals surface area contributed by atoms with Crippen LogP contribution in [-0.2, 0) is 4.79 Å². The lowest BCUT2D eigenvalue weighted by Gasteiger charge is -2.27. The molecular formula is C26H26N2O3. The van der Waals surface area contributed by atoms with Crippen molar-refractivity contribution in [1.29, 1.82) is 0 Å². The Bertz CT molecular complexity index is 1180. The Hall–Kier alpha value is -3.60. The highest BCUT2D eigenvalue weighted by atomic mass is 16.5. The number of nitrogens with one attached hydrogen (secondary N) is 1. The summed E-state index contributed by atoms with van der Waals surface area (Å²) in [6, 6.07) is 17.6. The van der Waals surface area contributed by atoms with E-state index in [1.807, 2.05) is 61.5 Å². The molecule has 2 amide bonds. The van der Waals surface area contributed by atoms with Gasteiger partial charge in [-0.3, -0.25) is 9.59 Å². The number of carbonyl (C=O) groups is 2. The fraction of sp³-hybridized carbons (Fsp3) is 0.231. The zero-order valence-electron chi connectivity index (χ0n) is 17.7. The first-order valence-electron chi connectivity index (χ1n) is 10.4. The molecule has 5 nitrogen and oxygen atoms in total. The van der Waals surface area contributed by atoms with E-state index in [1.54, 1.807) is 7.11 Å². The summed E-state index contributed by atoms with van der Waals surface area (Å²) in [5.74, 6) is -0.115. The lowest BCUT2D eigenvalue weighted by atomic mass is 9.88. The van der Waals surface area contributed by atoms with Gasteiger partial charge in [-0.05, 0) is 65.4 Å². The largest absolute Gasteiger partial charge is 0.496 e. The van der Waals surface area contributed by atoms with Crippen molar-refractivity contribution in [2.45, 2.75) is 25.8 Å². The topological polar surface area (TPSA) is 81.4 Å². The van der Waals surface area contributed by atoms with Crippen LogP contribution in [0.1, 0.15) is 28.8 Å². The molecule has 0 fully saturated rings. The first-order chi connectivity index (χ1) is 15.0. The van der Waals surface area contributed by atoms with Gasteiger partial charge >= 0.3 is 0 Å². The Morgan fingerprint density at radius 2 is 1.84 bits per heavy atom. The van der Waals surface area contributed by atoms with Crippen molar-refractivity contribution in [3.63, 3.8) is 0 Å². The molecule has 3 aromatic carbocycles. The number of hydrogen-bond acceptors (Lipinski definition) is 3. The summed E-state index contributed by atoms with van der Waals surface area (Å²) in [6.45, 7) is 2.02. The number of amides is 2. The Labute approximate surface area is 181 Å². The predicted octanol–water partition coefficient (Wildman–Crippen LogP) is 4.37. The van der Waals surface area contributed by atoms with Gasteiger partial charge in [-0.15, -0.1) is 0 Å². The van der Waals surface area contributed by atoms with Crippen molar-refractivity contribution >= 4 is 22.6 Å². The second-order valence-electron chi connectivity index (χ2n) is 7.96. The third-order valence-electron chi connectivity index (χ3n) is 5.98. The van der Waals surface area contributed by atoms with Gasteiger partial charge in [0.1, 0.15) is 5.75 Å². The molecule has 0 aromatic heterocycles. The van der Waals surface area contributed by atoms with Crippen molar-refractivity contribution in [2.75, 3.05) is 7.11 Å². The van der Waals surface area contributed by atoms with E-state index in [0.717, 1.165) is 33.2 Å². The predicted molar refractivity (Wildman–Crippen MR) is 123 cm³/mol. The molecule has 3 N–H and O–H groups in total. The number of fused-ring (bicyclic) bond motifs is 1. The van der Waals surface area contributed by atoms with Gasteiger partial charge in [0.2, 0.25) is 5.91 Å². The van der Waals surface area contributed by atoms with Crippen LogP contribution < -0.4 is 15.8 Å². The molecule has 158 valence electrons. The fourth-order valence-electron chi connectivity index (χ4n) is 4.20. The van der Waals surface area contributed by atoms with Crippen molar-refractivity contribution in [3.05, 3.63) is 77.9 Å². The normalized spacial score (nSPS) is 18.0. The third kappa shape index (κ3) is 4.17. The van der Waals surface area contributed by atoms with E-state index in [2.05, 4.69) is 17.4 Å². The number of methoxy groups -OCH3 is 1. The van der Waals surface area contributed by atoms with Crippen LogP contribution in [0.3, 0.4) is 0 Å². The average molecular weight is 415 g/mol.